The van der Waals surface area contributed by atoms with Crippen molar-refractivity contribution in [2.24, 2.45) is 0 Å². The first-order valence-corrected chi connectivity index (χ1v) is 10.1. The zero-order valence-corrected chi connectivity index (χ0v) is 17.7. The summed E-state index contributed by atoms with van der Waals surface area (Å²) in [5, 5.41) is 5.84. The molecule has 2 aromatic carbocycles. The molecule has 0 aromatic heterocycles. The molecule has 0 spiro atoms. The minimum atomic E-state index is -0.143. The summed E-state index contributed by atoms with van der Waals surface area (Å²) in [6.07, 6.45) is 0.930. The van der Waals surface area contributed by atoms with Crippen molar-refractivity contribution in [1.82, 2.24) is 15.5 Å². The molecule has 0 saturated carbocycles. The van der Waals surface area contributed by atoms with Crippen LogP contribution >= 0.6 is 0 Å². The molecule has 2 N–H and O–H groups in total. The lowest BCUT2D eigenvalue weighted by Crippen LogP contribution is -2.44. The Bertz CT molecular complexity index is 853. The third kappa shape index (κ3) is 4.82. The van der Waals surface area contributed by atoms with E-state index in [2.05, 4.69) is 58.9 Å². The van der Waals surface area contributed by atoms with Crippen molar-refractivity contribution < 1.29 is 14.3 Å². The van der Waals surface area contributed by atoms with Crippen LogP contribution in [0.5, 0.6) is 11.5 Å². The van der Waals surface area contributed by atoms with E-state index < -0.39 is 0 Å². The predicted molar refractivity (Wildman–Crippen MR) is 115 cm³/mol. The summed E-state index contributed by atoms with van der Waals surface area (Å²) in [7, 11) is 3.31. The molecule has 1 aliphatic heterocycles. The van der Waals surface area contributed by atoms with Gasteiger partial charge in [0.25, 0.3) is 0 Å². The first-order chi connectivity index (χ1) is 14.1. The number of nitrogens with zero attached hydrogens (tertiary/aromatic N) is 1. The topological polar surface area (TPSA) is 62.8 Å². The van der Waals surface area contributed by atoms with E-state index in [0.29, 0.717) is 18.8 Å². The van der Waals surface area contributed by atoms with E-state index in [1.807, 2.05) is 6.92 Å². The van der Waals surface area contributed by atoms with Crippen LogP contribution < -0.4 is 20.1 Å². The maximum absolute atomic E-state index is 12.1. The van der Waals surface area contributed by atoms with Crippen LogP contribution in [0.3, 0.4) is 0 Å². The molecule has 156 valence electrons. The number of hydrogen-bond acceptors (Lipinski definition) is 4. The van der Waals surface area contributed by atoms with E-state index in [1.54, 1.807) is 14.2 Å². The van der Waals surface area contributed by atoms with Crippen LogP contribution in [-0.2, 0) is 13.0 Å². The lowest BCUT2D eigenvalue weighted by molar-refractivity contribution is 0.170. The fourth-order valence-electron chi connectivity index (χ4n) is 3.93. The number of ether oxygens (including phenoxy) is 2. The van der Waals surface area contributed by atoms with Crippen LogP contribution in [-0.4, -0.2) is 44.8 Å². The van der Waals surface area contributed by atoms with Gasteiger partial charge in [-0.05, 0) is 54.7 Å². The van der Waals surface area contributed by atoms with Gasteiger partial charge in [-0.2, -0.15) is 0 Å². The molecule has 2 amide bonds. The average molecular weight is 398 g/mol. The first-order valence-electron chi connectivity index (χ1n) is 10.1. The van der Waals surface area contributed by atoms with E-state index in [-0.39, 0.29) is 12.1 Å². The maximum Gasteiger partial charge on any atom is 0.314 e. The third-order valence-electron chi connectivity index (χ3n) is 5.54. The summed E-state index contributed by atoms with van der Waals surface area (Å²) in [5.41, 5.74) is 5.01. The third-order valence-corrected chi connectivity index (χ3v) is 5.54. The van der Waals surface area contributed by atoms with Gasteiger partial charge < -0.3 is 20.1 Å². The Balaban J connectivity index is 1.92. The van der Waals surface area contributed by atoms with Crippen molar-refractivity contribution in [1.29, 1.82) is 0 Å². The van der Waals surface area contributed by atoms with Gasteiger partial charge in [-0.15, -0.1) is 0 Å². The maximum atomic E-state index is 12.1. The quantitative estimate of drug-likeness (QED) is 0.751. The zero-order chi connectivity index (χ0) is 20.8. The summed E-state index contributed by atoms with van der Waals surface area (Å²) in [6.45, 7) is 6.94. The van der Waals surface area contributed by atoms with Gasteiger partial charge in [0.15, 0.2) is 11.5 Å². The SMILES string of the molecule is CCNC(=O)NC[C@@H]1c2cc(OC)c(OC)cc2CCN1Cc1ccccc1C. The molecular weight excluding hydrogens is 366 g/mol. The highest BCUT2D eigenvalue weighted by Gasteiger charge is 2.29. The molecular formula is C23H31N3O3. The van der Waals surface area contributed by atoms with Gasteiger partial charge in [0.1, 0.15) is 0 Å². The van der Waals surface area contributed by atoms with Crippen LogP contribution in [0.25, 0.3) is 0 Å². The Morgan fingerprint density at radius 1 is 1.14 bits per heavy atom. The van der Waals surface area contributed by atoms with Crippen molar-refractivity contribution in [3.8, 4) is 11.5 Å². The highest BCUT2D eigenvalue weighted by molar-refractivity contribution is 5.73. The Labute approximate surface area is 173 Å². The number of fused-ring (bicyclic) bond motifs is 1. The second-order valence-corrected chi connectivity index (χ2v) is 7.31. The standard InChI is InChI=1S/C23H31N3O3/c1-5-24-23(27)25-14-20-19-13-22(29-4)21(28-3)12-17(19)10-11-26(20)15-18-9-7-6-8-16(18)2/h6-9,12-13,20H,5,10-11,14-15H2,1-4H3,(H2,24,25,27)/t20-/m1/s1. The van der Waals surface area contributed by atoms with Crippen LogP contribution in [0.1, 0.15) is 35.2 Å². The Hall–Kier alpha value is -2.73. The van der Waals surface area contributed by atoms with Gasteiger partial charge in [0, 0.05) is 26.2 Å². The minimum Gasteiger partial charge on any atom is -0.493 e. The molecule has 0 saturated heterocycles. The van der Waals surface area contributed by atoms with Crippen molar-refractivity contribution in [2.45, 2.75) is 32.9 Å². The second kappa shape index (κ2) is 9.65. The van der Waals surface area contributed by atoms with Crippen molar-refractivity contribution in [2.75, 3.05) is 33.9 Å². The number of carbonyl (C=O) groups is 1. The molecule has 29 heavy (non-hydrogen) atoms. The molecule has 0 unspecified atom stereocenters. The minimum absolute atomic E-state index is 0.0563. The lowest BCUT2D eigenvalue weighted by atomic mass is 9.91. The fourth-order valence-corrected chi connectivity index (χ4v) is 3.93. The number of benzene rings is 2. The Morgan fingerprint density at radius 2 is 1.86 bits per heavy atom. The Morgan fingerprint density at radius 3 is 2.55 bits per heavy atom. The number of methoxy groups -OCH3 is 2. The number of amides is 2. The highest BCUT2D eigenvalue weighted by atomic mass is 16.5. The molecule has 0 radical (unpaired) electrons. The summed E-state index contributed by atoms with van der Waals surface area (Å²) >= 11 is 0. The molecule has 3 rings (SSSR count). The summed E-state index contributed by atoms with van der Waals surface area (Å²) < 4.78 is 11.0. The molecule has 0 fully saturated rings. The molecule has 6 nitrogen and oxygen atoms in total. The van der Waals surface area contributed by atoms with E-state index in [0.717, 1.165) is 25.3 Å². The van der Waals surface area contributed by atoms with Gasteiger partial charge in [-0.1, -0.05) is 24.3 Å². The highest BCUT2D eigenvalue weighted by Crippen LogP contribution is 2.38. The number of aryl methyl sites for hydroxylation is 1. The molecule has 6 heteroatoms. The van der Waals surface area contributed by atoms with Gasteiger partial charge in [0.05, 0.1) is 20.3 Å². The summed E-state index contributed by atoms with van der Waals surface area (Å²) in [6, 6.07) is 12.5. The predicted octanol–water partition coefficient (Wildman–Crippen LogP) is 3.43. The molecule has 0 aliphatic carbocycles. The van der Waals surface area contributed by atoms with Crippen LogP contribution in [0.2, 0.25) is 0 Å². The number of urea groups is 1. The van der Waals surface area contributed by atoms with E-state index in [4.69, 9.17) is 9.47 Å². The van der Waals surface area contributed by atoms with Crippen LogP contribution in [0, 0.1) is 6.92 Å². The first kappa shape index (κ1) is 21.0. The van der Waals surface area contributed by atoms with E-state index >= 15 is 0 Å². The Kier molecular flexibility index (Phi) is 6.99. The lowest BCUT2D eigenvalue weighted by Gasteiger charge is -2.38. The normalized spacial score (nSPS) is 16.1. The molecule has 0 bridgehead atoms. The van der Waals surface area contributed by atoms with Crippen LogP contribution in [0.15, 0.2) is 36.4 Å². The number of rotatable bonds is 7. The van der Waals surface area contributed by atoms with E-state index in [1.165, 1.54) is 22.3 Å². The zero-order valence-electron chi connectivity index (χ0n) is 17.7. The van der Waals surface area contributed by atoms with E-state index in [9.17, 15) is 4.79 Å². The molecule has 1 heterocycles. The van der Waals surface area contributed by atoms with Crippen molar-refractivity contribution >= 4 is 6.03 Å². The smallest absolute Gasteiger partial charge is 0.314 e. The molecule has 1 atom stereocenters. The second-order valence-electron chi connectivity index (χ2n) is 7.31. The number of carbonyl (C=O) groups excluding carboxylic acids is 1. The van der Waals surface area contributed by atoms with Crippen molar-refractivity contribution in [3.05, 3.63) is 58.7 Å². The number of hydrogen-bond donors (Lipinski definition) is 2. The fraction of sp³-hybridized carbons (Fsp3) is 0.435. The molecule has 1 aliphatic rings. The van der Waals surface area contributed by atoms with Crippen LogP contribution in [0.4, 0.5) is 4.79 Å². The average Bonchev–Trinajstić information content (AvgIpc) is 2.73. The van der Waals surface area contributed by atoms with Gasteiger partial charge in [-0.25, -0.2) is 4.79 Å². The van der Waals surface area contributed by atoms with Gasteiger partial charge in [0.2, 0.25) is 0 Å². The van der Waals surface area contributed by atoms with Crippen molar-refractivity contribution in [3.63, 3.8) is 0 Å². The van der Waals surface area contributed by atoms with Gasteiger partial charge >= 0.3 is 6.03 Å². The molecule has 2 aromatic rings. The number of nitrogens with one attached hydrogen (secondary N) is 2. The summed E-state index contributed by atoms with van der Waals surface area (Å²) in [4.78, 5) is 14.5. The monoisotopic (exact) mass is 397 g/mol. The summed E-state index contributed by atoms with van der Waals surface area (Å²) in [5.74, 6) is 1.46. The largest absolute Gasteiger partial charge is 0.493 e. The van der Waals surface area contributed by atoms with Gasteiger partial charge in [-0.3, -0.25) is 4.90 Å².